The number of hydrogen-bond acceptors (Lipinski definition) is 7. The Balaban J connectivity index is 1.51. The van der Waals surface area contributed by atoms with Crippen molar-refractivity contribution in [2.75, 3.05) is 4.90 Å². The summed E-state index contributed by atoms with van der Waals surface area (Å²) >= 11 is 2.82. The molecule has 0 N–H and O–H groups in total. The Labute approximate surface area is 166 Å². The Hall–Kier alpha value is -2.19. The Morgan fingerprint density at radius 1 is 1.33 bits per heavy atom. The van der Waals surface area contributed by atoms with E-state index in [1.165, 1.54) is 28.7 Å². The summed E-state index contributed by atoms with van der Waals surface area (Å²) in [6, 6.07) is 8.23. The molecule has 0 bridgehead atoms. The largest absolute Gasteiger partial charge is 0.410 e. The van der Waals surface area contributed by atoms with E-state index in [2.05, 4.69) is 28.2 Å². The molecule has 2 aromatic heterocycles. The van der Waals surface area contributed by atoms with Crippen LogP contribution in [-0.2, 0) is 11.2 Å². The molecule has 0 saturated carbocycles. The van der Waals surface area contributed by atoms with Crippen LogP contribution in [0, 0.1) is 13.8 Å². The fraction of sp³-hybridized carbons (Fsp3) is 0.368. The van der Waals surface area contributed by atoms with Crippen LogP contribution in [0.15, 0.2) is 33.9 Å². The third-order valence-corrected chi connectivity index (χ3v) is 6.56. The number of rotatable bonds is 4. The predicted molar refractivity (Wildman–Crippen MR) is 107 cm³/mol. The summed E-state index contributed by atoms with van der Waals surface area (Å²) in [7, 11) is 0. The minimum atomic E-state index is -0.323. The molecule has 6 nitrogen and oxygen atoms in total. The second-order valence-electron chi connectivity index (χ2n) is 6.67. The highest BCUT2D eigenvalue weighted by molar-refractivity contribution is 8.00. The second kappa shape index (κ2) is 7.09. The lowest BCUT2D eigenvalue weighted by molar-refractivity contribution is -0.118. The lowest BCUT2D eigenvalue weighted by Crippen LogP contribution is -2.40. The molecule has 2 atom stereocenters. The summed E-state index contributed by atoms with van der Waals surface area (Å²) in [4.78, 5) is 20.2. The Kier molecular flexibility index (Phi) is 4.77. The number of amides is 1. The Morgan fingerprint density at radius 2 is 2.11 bits per heavy atom. The van der Waals surface area contributed by atoms with Crippen molar-refractivity contribution in [3.05, 3.63) is 40.5 Å². The molecule has 1 amide bonds. The number of thiazole rings is 1. The van der Waals surface area contributed by atoms with Crippen LogP contribution in [0.1, 0.15) is 30.1 Å². The highest BCUT2D eigenvalue weighted by atomic mass is 32.2. The van der Waals surface area contributed by atoms with Gasteiger partial charge < -0.3 is 9.32 Å². The SMILES string of the molecule is Cc1nc(C)c(-c2nnc(SC(C)C(=O)N3c4ccccc4CC3C)o2)s1. The number of carbonyl (C=O) groups is 1. The molecule has 3 heterocycles. The van der Waals surface area contributed by atoms with Gasteiger partial charge in [0.2, 0.25) is 5.91 Å². The van der Waals surface area contributed by atoms with Crippen molar-refractivity contribution in [2.24, 2.45) is 0 Å². The summed E-state index contributed by atoms with van der Waals surface area (Å²) in [5.41, 5.74) is 3.10. The standard InChI is InChI=1S/C19H20N4O2S2/c1-10-9-14-7-5-6-8-15(14)23(10)18(24)12(3)26-19-22-21-17(25-19)16-11(2)20-13(4)27-16/h5-8,10,12H,9H2,1-4H3. The molecule has 0 spiro atoms. The van der Waals surface area contributed by atoms with E-state index in [-0.39, 0.29) is 17.2 Å². The fourth-order valence-electron chi connectivity index (χ4n) is 3.38. The number of para-hydroxylation sites is 1. The summed E-state index contributed by atoms with van der Waals surface area (Å²) in [5.74, 6) is 0.516. The zero-order valence-electron chi connectivity index (χ0n) is 15.6. The molecule has 3 aromatic rings. The van der Waals surface area contributed by atoms with E-state index in [1.807, 2.05) is 43.9 Å². The lowest BCUT2D eigenvalue weighted by atomic mass is 10.1. The maximum Gasteiger partial charge on any atom is 0.277 e. The third kappa shape index (κ3) is 3.39. The zero-order chi connectivity index (χ0) is 19.1. The van der Waals surface area contributed by atoms with Gasteiger partial charge in [-0.3, -0.25) is 4.79 Å². The first-order valence-corrected chi connectivity index (χ1v) is 10.5. The molecule has 1 aromatic carbocycles. The van der Waals surface area contributed by atoms with E-state index in [4.69, 9.17) is 4.42 Å². The monoisotopic (exact) mass is 400 g/mol. The van der Waals surface area contributed by atoms with Gasteiger partial charge in [-0.1, -0.05) is 30.0 Å². The lowest BCUT2D eigenvalue weighted by Gasteiger charge is -2.25. The Morgan fingerprint density at radius 3 is 2.85 bits per heavy atom. The summed E-state index contributed by atoms with van der Waals surface area (Å²) in [5, 5.41) is 9.27. The average Bonchev–Trinajstić information content (AvgIpc) is 3.30. The van der Waals surface area contributed by atoms with Crippen molar-refractivity contribution in [1.82, 2.24) is 15.2 Å². The minimum Gasteiger partial charge on any atom is -0.410 e. The van der Waals surface area contributed by atoms with Crippen molar-refractivity contribution in [3.8, 4) is 10.8 Å². The summed E-state index contributed by atoms with van der Waals surface area (Å²) in [6.45, 7) is 7.83. The molecule has 1 aliphatic rings. The van der Waals surface area contributed by atoms with Crippen LogP contribution >= 0.6 is 23.1 Å². The van der Waals surface area contributed by atoms with E-state index in [0.29, 0.717) is 11.1 Å². The topological polar surface area (TPSA) is 72.1 Å². The zero-order valence-corrected chi connectivity index (χ0v) is 17.2. The first-order valence-electron chi connectivity index (χ1n) is 8.79. The highest BCUT2D eigenvalue weighted by Gasteiger charge is 2.34. The summed E-state index contributed by atoms with van der Waals surface area (Å²) < 4.78 is 5.78. The molecule has 140 valence electrons. The number of nitrogens with zero attached hydrogens (tertiary/aromatic N) is 4. The number of carbonyl (C=O) groups excluding carboxylic acids is 1. The summed E-state index contributed by atoms with van der Waals surface area (Å²) in [6.07, 6.45) is 0.883. The van der Waals surface area contributed by atoms with Gasteiger partial charge in [-0.2, -0.15) is 0 Å². The Bertz CT molecular complexity index is 997. The first kappa shape index (κ1) is 18.2. The van der Waals surface area contributed by atoms with E-state index < -0.39 is 0 Å². The molecule has 1 aliphatic heterocycles. The van der Waals surface area contributed by atoms with Gasteiger partial charge in [0.1, 0.15) is 4.88 Å². The van der Waals surface area contributed by atoms with Crippen LogP contribution < -0.4 is 4.90 Å². The average molecular weight is 401 g/mol. The predicted octanol–water partition coefficient (Wildman–Crippen LogP) is 4.27. The van der Waals surface area contributed by atoms with Crippen molar-refractivity contribution in [3.63, 3.8) is 0 Å². The number of benzene rings is 1. The molecule has 0 fully saturated rings. The van der Waals surface area contributed by atoms with Crippen LogP contribution in [0.4, 0.5) is 5.69 Å². The number of hydrogen-bond donors (Lipinski definition) is 0. The maximum atomic E-state index is 13.1. The van der Waals surface area contributed by atoms with Crippen molar-refractivity contribution >= 4 is 34.7 Å². The van der Waals surface area contributed by atoms with Crippen LogP contribution in [0.25, 0.3) is 10.8 Å². The number of thioether (sulfide) groups is 1. The number of anilines is 1. The van der Waals surface area contributed by atoms with Crippen LogP contribution in [0.5, 0.6) is 0 Å². The highest BCUT2D eigenvalue weighted by Crippen LogP contribution is 2.36. The number of aryl methyl sites for hydroxylation is 2. The van der Waals surface area contributed by atoms with Gasteiger partial charge in [-0.25, -0.2) is 4.98 Å². The minimum absolute atomic E-state index is 0.0574. The molecule has 0 aliphatic carbocycles. The van der Waals surface area contributed by atoms with Gasteiger partial charge in [0, 0.05) is 11.7 Å². The fourth-order valence-corrected chi connectivity index (χ4v) is 4.95. The van der Waals surface area contributed by atoms with E-state index in [0.717, 1.165) is 27.7 Å². The normalized spacial score (nSPS) is 17.2. The number of aromatic nitrogens is 3. The molecular weight excluding hydrogens is 380 g/mol. The molecule has 8 heteroatoms. The van der Waals surface area contributed by atoms with Crippen molar-refractivity contribution < 1.29 is 9.21 Å². The third-order valence-electron chi connectivity index (χ3n) is 4.57. The van der Waals surface area contributed by atoms with Gasteiger partial charge in [0.25, 0.3) is 11.1 Å². The smallest absolute Gasteiger partial charge is 0.277 e. The van der Waals surface area contributed by atoms with E-state index in [9.17, 15) is 4.79 Å². The quantitative estimate of drug-likeness (QED) is 0.609. The van der Waals surface area contributed by atoms with Crippen molar-refractivity contribution in [1.29, 1.82) is 0 Å². The molecular formula is C19H20N4O2S2. The van der Waals surface area contributed by atoms with Gasteiger partial charge in [-0.05, 0) is 45.7 Å². The maximum absolute atomic E-state index is 13.1. The van der Waals surface area contributed by atoms with Crippen LogP contribution in [0.3, 0.4) is 0 Å². The first-order chi connectivity index (χ1) is 12.9. The van der Waals surface area contributed by atoms with Crippen molar-refractivity contribution in [2.45, 2.75) is 50.6 Å². The van der Waals surface area contributed by atoms with E-state index in [1.54, 1.807) is 0 Å². The molecule has 0 saturated heterocycles. The molecule has 0 radical (unpaired) electrons. The molecule has 4 rings (SSSR count). The molecule has 2 unspecified atom stereocenters. The molecule has 27 heavy (non-hydrogen) atoms. The second-order valence-corrected chi connectivity index (χ2v) is 9.17. The van der Waals surface area contributed by atoms with Gasteiger partial charge in [-0.15, -0.1) is 21.5 Å². The van der Waals surface area contributed by atoms with Gasteiger partial charge >= 0.3 is 0 Å². The van der Waals surface area contributed by atoms with Gasteiger partial charge in [0.05, 0.1) is 16.0 Å². The van der Waals surface area contributed by atoms with E-state index >= 15 is 0 Å². The van der Waals surface area contributed by atoms with Crippen LogP contribution in [-0.4, -0.2) is 32.4 Å². The van der Waals surface area contributed by atoms with Gasteiger partial charge in [0.15, 0.2) is 0 Å². The number of fused-ring (bicyclic) bond motifs is 1. The van der Waals surface area contributed by atoms with Crippen LogP contribution in [0.2, 0.25) is 0 Å².